The third-order valence-electron chi connectivity index (χ3n) is 4.72. The number of hydrogen-bond acceptors (Lipinski definition) is 2. The number of carbonyl (C=O) groups is 1. The molecule has 17 heavy (non-hydrogen) atoms. The fourth-order valence-corrected chi connectivity index (χ4v) is 3.19. The van der Waals surface area contributed by atoms with E-state index >= 15 is 0 Å². The van der Waals surface area contributed by atoms with Gasteiger partial charge in [-0.1, -0.05) is 32.6 Å². The van der Waals surface area contributed by atoms with Crippen LogP contribution in [0.2, 0.25) is 0 Å². The normalized spacial score (nSPS) is 26.0. The third kappa shape index (κ3) is 2.41. The summed E-state index contributed by atoms with van der Waals surface area (Å²) in [4.78, 5) is 12.3. The van der Waals surface area contributed by atoms with Crippen LogP contribution in [0.15, 0.2) is 11.3 Å². The summed E-state index contributed by atoms with van der Waals surface area (Å²) >= 11 is 0. The van der Waals surface area contributed by atoms with Crippen LogP contribution in [0.25, 0.3) is 0 Å². The van der Waals surface area contributed by atoms with E-state index in [0.29, 0.717) is 11.3 Å². The van der Waals surface area contributed by atoms with Crippen molar-refractivity contribution in [1.82, 2.24) is 0 Å². The van der Waals surface area contributed by atoms with E-state index in [4.69, 9.17) is 0 Å². The molecule has 2 heteroatoms. The molecule has 2 fully saturated rings. The summed E-state index contributed by atoms with van der Waals surface area (Å²) in [6.45, 7) is 3.85. The van der Waals surface area contributed by atoms with Gasteiger partial charge in [0.05, 0.1) is 0 Å². The van der Waals surface area contributed by atoms with Crippen molar-refractivity contribution in [2.75, 3.05) is 0 Å². The van der Waals surface area contributed by atoms with E-state index in [0.717, 1.165) is 32.1 Å². The molecule has 2 rings (SSSR count). The molecule has 0 saturated heterocycles. The molecule has 96 valence electrons. The van der Waals surface area contributed by atoms with Crippen molar-refractivity contribution in [2.45, 2.75) is 65.2 Å². The zero-order chi connectivity index (χ0) is 12.5. The molecule has 2 aliphatic rings. The highest BCUT2D eigenvalue weighted by molar-refractivity contribution is 6.00. The van der Waals surface area contributed by atoms with Crippen LogP contribution in [0.5, 0.6) is 0 Å². The minimum atomic E-state index is -0.174. The van der Waals surface area contributed by atoms with Gasteiger partial charge in [0.1, 0.15) is 5.76 Å². The van der Waals surface area contributed by atoms with Crippen molar-refractivity contribution in [3.05, 3.63) is 11.3 Å². The van der Waals surface area contributed by atoms with Crippen LogP contribution in [-0.4, -0.2) is 10.9 Å². The van der Waals surface area contributed by atoms with Crippen molar-refractivity contribution in [3.63, 3.8) is 0 Å². The number of aliphatic hydroxyl groups is 1. The zero-order valence-electron chi connectivity index (χ0n) is 11.1. The predicted molar refractivity (Wildman–Crippen MR) is 68.9 cm³/mol. The van der Waals surface area contributed by atoms with Crippen LogP contribution in [-0.2, 0) is 4.79 Å². The molecule has 1 N–H and O–H groups in total. The van der Waals surface area contributed by atoms with E-state index in [1.807, 2.05) is 13.8 Å². The van der Waals surface area contributed by atoms with E-state index in [1.165, 1.54) is 19.3 Å². The Hall–Kier alpha value is -0.790. The van der Waals surface area contributed by atoms with Crippen molar-refractivity contribution in [3.8, 4) is 0 Å². The molecule has 0 aromatic rings. The lowest BCUT2D eigenvalue weighted by Gasteiger charge is -2.37. The second-order valence-electron chi connectivity index (χ2n) is 6.09. The Kier molecular flexibility index (Phi) is 3.60. The fourth-order valence-electron chi connectivity index (χ4n) is 3.19. The Balaban J connectivity index is 2.10. The van der Waals surface area contributed by atoms with Gasteiger partial charge in [-0.25, -0.2) is 0 Å². The molecular weight excluding hydrogens is 212 g/mol. The second kappa shape index (κ2) is 4.83. The smallest absolute Gasteiger partial charge is 0.167 e. The van der Waals surface area contributed by atoms with Crippen LogP contribution in [0.3, 0.4) is 0 Å². The lowest BCUT2D eigenvalue weighted by molar-refractivity contribution is -0.128. The molecule has 0 unspecified atom stereocenters. The van der Waals surface area contributed by atoms with Gasteiger partial charge in [0.25, 0.3) is 0 Å². The zero-order valence-corrected chi connectivity index (χ0v) is 11.1. The molecule has 0 atom stereocenters. The van der Waals surface area contributed by atoms with Gasteiger partial charge in [0, 0.05) is 16.9 Å². The van der Waals surface area contributed by atoms with Crippen LogP contribution in [0.4, 0.5) is 0 Å². The van der Waals surface area contributed by atoms with Gasteiger partial charge in [-0.15, -0.1) is 0 Å². The predicted octanol–water partition coefficient (Wildman–Crippen LogP) is 4.16. The van der Waals surface area contributed by atoms with Crippen molar-refractivity contribution in [2.24, 2.45) is 11.3 Å². The quantitative estimate of drug-likeness (QED) is 0.590. The summed E-state index contributed by atoms with van der Waals surface area (Å²) in [5, 5.41) is 10.3. The largest absolute Gasteiger partial charge is 0.512 e. The molecule has 0 aromatic carbocycles. The highest BCUT2D eigenvalue weighted by atomic mass is 16.3. The van der Waals surface area contributed by atoms with Gasteiger partial charge in [0.2, 0.25) is 0 Å². The Bertz CT molecular complexity index is 331. The molecule has 0 aliphatic heterocycles. The molecule has 0 aromatic heterocycles. The molecule has 2 nitrogen and oxygen atoms in total. The maximum atomic E-state index is 12.3. The van der Waals surface area contributed by atoms with Crippen molar-refractivity contribution in [1.29, 1.82) is 0 Å². The average molecular weight is 236 g/mol. The van der Waals surface area contributed by atoms with E-state index in [1.54, 1.807) is 0 Å². The number of hydrogen-bond donors (Lipinski definition) is 1. The topological polar surface area (TPSA) is 37.3 Å². The Morgan fingerprint density at radius 2 is 1.71 bits per heavy atom. The standard InChI is InChI=1S/C15H24O2/c1-11(14(17)15(2)9-6-10-15)13(16)12-7-4-3-5-8-12/h12,16H,3-10H2,1-2H3/b13-11-. The number of ketones is 1. The summed E-state index contributed by atoms with van der Waals surface area (Å²) in [5.74, 6) is 0.825. The third-order valence-corrected chi connectivity index (χ3v) is 4.72. The number of rotatable bonds is 3. The van der Waals surface area contributed by atoms with E-state index in [2.05, 4.69) is 0 Å². The molecule has 2 saturated carbocycles. The maximum Gasteiger partial charge on any atom is 0.167 e. The molecule has 0 bridgehead atoms. The molecule has 0 spiro atoms. The van der Waals surface area contributed by atoms with Gasteiger partial charge in [-0.3, -0.25) is 4.79 Å². The number of aliphatic hydroxyl groups excluding tert-OH is 1. The van der Waals surface area contributed by atoms with Gasteiger partial charge >= 0.3 is 0 Å². The van der Waals surface area contributed by atoms with E-state index < -0.39 is 0 Å². The minimum absolute atomic E-state index is 0.174. The number of Topliss-reactive ketones (excluding diaryl/α,β-unsaturated/α-hetero) is 1. The van der Waals surface area contributed by atoms with Crippen LogP contribution in [0, 0.1) is 11.3 Å². The first-order chi connectivity index (χ1) is 8.04. The van der Waals surface area contributed by atoms with Crippen LogP contribution >= 0.6 is 0 Å². The van der Waals surface area contributed by atoms with Gasteiger partial charge in [-0.2, -0.15) is 0 Å². The Morgan fingerprint density at radius 3 is 2.18 bits per heavy atom. The van der Waals surface area contributed by atoms with Crippen molar-refractivity contribution < 1.29 is 9.90 Å². The molecule has 0 heterocycles. The Labute approximate surface area is 104 Å². The van der Waals surface area contributed by atoms with E-state index in [9.17, 15) is 9.90 Å². The highest BCUT2D eigenvalue weighted by Crippen LogP contribution is 2.43. The Morgan fingerprint density at radius 1 is 1.12 bits per heavy atom. The van der Waals surface area contributed by atoms with Gasteiger partial charge in [-0.05, 0) is 32.6 Å². The minimum Gasteiger partial charge on any atom is -0.512 e. The number of carbonyl (C=O) groups excluding carboxylic acids is 1. The molecule has 2 aliphatic carbocycles. The summed E-state index contributed by atoms with van der Waals surface area (Å²) in [6.07, 6.45) is 8.87. The fraction of sp³-hybridized carbons (Fsp3) is 0.800. The lowest BCUT2D eigenvalue weighted by Crippen LogP contribution is -2.36. The lowest BCUT2D eigenvalue weighted by atomic mass is 9.65. The molecule has 0 amide bonds. The first-order valence-corrected chi connectivity index (χ1v) is 6.99. The van der Waals surface area contributed by atoms with Gasteiger partial charge in [0.15, 0.2) is 5.78 Å². The van der Waals surface area contributed by atoms with Crippen LogP contribution in [0.1, 0.15) is 65.2 Å². The monoisotopic (exact) mass is 236 g/mol. The second-order valence-corrected chi connectivity index (χ2v) is 6.09. The molecular formula is C15H24O2. The maximum absolute atomic E-state index is 12.3. The first kappa shape index (κ1) is 12.7. The summed E-state index contributed by atoms with van der Waals surface area (Å²) < 4.78 is 0. The van der Waals surface area contributed by atoms with Crippen LogP contribution < -0.4 is 0 Å². The average Bonchev–Trinajstić information content (AvgIpc) is 2.34. The van der Waals surface area contributed by atoms with E-state index in [-0.39, 0.29) is 17.1 Å². The van der Waals surface area contributed by atoms with Gasteiger partial charge < -0.3 is 5.11 Å². The molecule has 0 radical (unpaired) electrons. The summed E-state index contributed by atoms with van der Waals surface area (Å²) in [5.41, 5.74) is 0.464. The number of allylic oxidation sites excluding steroid dienone is 2. The highest BCUT2D eigenvalue weighted by Gasteiger charge is 2.40. The van der Waals surface area contributed by atoms with Crippen molar-refractivity contribution >= 4 is 5.78 Å². The first-order valence-electron chi connectivity index (χ1n) is 6.99. The summed E-state index contributed by atoms with van der Waals surface area (Å²) in [7, 11) is 0. The summed E-state index contributed by atoms with van der Waals surface area (Å²) in [6, 6.07) is 0. The SMILES string of the molecule is C/C(C(=O)C1(C)CCC1)=C(/O)C1CCCCC1.